The Hall–Kier alpha value is -1.68. The van der Waals surface area contributed by atoms with Crippen molar-refractivity contribution in [2.45, 2.75) is 25.7 Å². The molecular weight excluding hydrogens is 256 g/mol. The molecule has 20 heavy (non-hydrogen) atoms. The first-order valence-electron chi connectivity index (χ1n) is 7.06. The third kappa shape index (κ3) is 3.90. The number of rotatable bonds is 5. The fraction of sp³-hybridized carbons (Fsp3) is 0.500. The maximum atomic E-state index is 11.9. The SMILES string of the molecule is O=Cc1ccc(C(=O)OCC2CCC(CO)CC2)cc1. The monoisotopic (exact) mass is 276 g/mol. The summed E-state index contributed by atoms with van der Waals surface area (Å²) in [6.45, 7) is 0.696. The van der Waals surface area contributed by atoms with Crippen molar-refractivity contribution in [3.05, 3.63) is 35.4 Å². The summed E-state index contributed by atoms with van der Waals surface area (Å²) in [4.78, 5) is 22.4. The smallest absolute Gasteiger partial charge is 0.338 e. The average molecular weight is 276 g/mol. The molecule has 0 radical (unpaired) electrons. The molecule has 4 nitrogen and oxygen atoms in total. The Kier molecular flexibility index (Phi) is 5.30. The topological polar surface area (TPSA) is 63.6 Å². The van der Waals surface area contributed by atoms with E-state index in [-0.39, 0.29) is 12.6 Å². The summed E-state index contributed by atoms with van der Waals surface area (Å²) >= 11 is 0. The van der Waals surface area contributed by atoms with E-state index in [0.717, 1.165) is 32.0 Å². The number of carbonyl (C=O) groups excluding carboxylic acids is 2. The van der Waals surface area contributed by atoms with Crippen LogP contribution in [0.3, 0.4) is 0 Å². The highest BCUT2D eigenvalue weighted by Crippen LogP contribution is 2.28. The predicted molar refractivity (Wildman–Crippen MR) is 74.6 cm³/mol. The van der Waals surface area contributed by atoms with Crippen LogP contribution in [0.15, 0.2) is 24.3 Å². The lowest BCUT2D eigenvalue weighted by atomic mass is 9.83. The molecular formula is C16H20O4. The molecule has 1 fully saturated rings. The minimum Gasteiger partial charge on any atom is -0.462 e. The van der Waals surface area contributed by atoms with Gasteiger partial charge in [-0.15, -0.1) is 0 Å². The van der Waals surface area contributed by atoms with Crippen molar-refractivity contribution < 1.29 is 19.4 Å². The molecule has 1 N–H and O–H groups in total. The molecule has 4 heteroatoms. The van der Waals surface area contributed by atoms with E-state index >= 15 is 0 Å². The molecule has 108 valence electrons. The molecule has 1 aliphatic carbocycles. The number of hydrogen-bond acceptors (Lipinski definition) is 4. The van der Waals surface area contributed by atoms with Crippen LogP contribution in [-0.4, -0.2) is 30.6 Å². The van der Waals surface area contributed by atoms with E-state index in [1.165, 1.54) is 0 Å². The van der Waals surface area contributed by atoms with Crippen LogP contribution in [0, 0.1) is 11.8 Å². The summed E-state index contributed by atoms with van der Waals surface area (Å²) in [5.74, 6) is 0.473. The van der Waals surface area contributed by atoms with Crippen molar-refractivity contribution >= 4 is 12.3 Å². The van der Waals surface area contributed by atoms with Crippen molar-refractivity contribution in [2.24, 2.45) is 11.8 Å². The third-order valence-corrected chi connectivity index (χ3v) is 3.96. The van der Waals surface area contributed by atoms with Crippen molar-refractivity contribution in [3.63, 3.8) is 0 Å². The number of aldehydes is 1. The molecule has 1 aromatic rings. The maximum absolute atomic E-state index is 11.9. The second-order valence-corrected chi connectivity index (χ2v) is 5.41. The number of ether oxygens (including phenoxy) is 1. The fourth-order valence-electron chi connectivity index (χ4n) is 2.56. The van der Waals surface area contributed by atoms with E-state index in [4.69, 9.17) is 9.84 Å². The first-order chi connectivity index (χ1) is 9.72. The van der Waals surface area contributed by atoms with Gasteiger partial charge in [-0.1, -0.05) is 12.1 Å². The molecule has 0 bridgehead atoms. The van der Waals surface area contributed by atoms with Crippen molar-refractivity contribution in [1.82, 2.24) is 0 Å². The number of esters is 1. The maximum Gasteiger partial charge on any atom is 0.338 e. The van der Waals surface area contributed by atoms with Crippen LogP contribution in [0.25, 0.3) is 0 Å². The number of benzene rings is 1. The van der Waals surface area contributed by atoms with Crippen molar-refractivity contribution in [1.29, 1.82) is 0 Å². The zero-order chi connectivity index (χ0) is 14.4. The second-order valence-electron chi connectivity index (χ2n) is 5.41. The Morgan fingerprint density at radius 3 is 2.30 bits per heavy atom. The molecule has 1 aliphatic rings. The van der Waals surface area contributed by atoms with Gasteiger partial charge in [0, 0.05) is 12.2 Å². The highest BCUT2D eigenvalue weighted by molar-refractivity contribution is 5.90. The highest BCUT2D eigenvalue weighted by Gasteiger charge is 2.21. The van der Waals surface area contributed by atoms with Crippen molar-refractivity contribution in [2.75, 3.05) is 13.2 Å². The Bertz CT molecular complexity index is 444. The average Bonchev–Trinajstić information content (AvgIpc) is 2.53. The van der Waals surface area contributed by atoms with Gasteiger partial charge >= 0.3 is 5.97 Å². The normalized spacial score (nSPS) is 22.2. The van der Waals surface area contributed by atoms with Gasteiger partial charge in [-0.05, 0) is 49.7 Å². The standard InChI is InChI=1S/C16H20O4/c17-9-12-1-3-14(4-2-12)11-20-16(19)15-7-5-13(10-18)6-8-15/h5-8,10,12,14,17H,1-4,9,11H2. The van der Waals surface area contributed by atoms with Gasteiger partial charge in [0.15, 0.2) is 0 Å². The zero-order valence-corrected chi connectivity index (χ0v) is 11.5. The Morgan fingerprint density at radius 1 is 1.15 bits per heavy atom. The summed E-state index contributed by atoms with van der Waals surface area (Å²) in [5, 5.41) is 9.08. The summed E-state index contributed by atoms with van der Waals surface area (Å²) in [6, 6.07) is 6.43. The first kappa shape index (κ1) is 14.7. The number of carbonyl (C=O) groups is 2. The van der Waals surface area contributed by atoms with E-state index in [2.05, 4.69) is 0 Å². The second kappa shape index (κ2) is 7.20. The summed E-state index contributed by atoms with van der Waals surface area (Å²) in [6.07, 6.45) is 4.76. The minimum absolute atomic E-state index is 0.260. The quantitative estimate of drug-likeness (QED) is 0.663. The van der Waals surface area contributed by atoms with Gasteiger partial charge in [0.2, 0.25) is 0 Å². The van der Waals surface area contributed by atoms with E-state index in [1.54, 1.807) is 24.3 Å². The van der Waals surface area contributed by atoms with E-state index < -0.39 is 0 Å². The largest absolute Gasteiger partial charge is 0.462 e. The Morgan fingerprint density at radius 2 is 1.75 bits per heavy atom. The zero-order valence-electron chi connectivity index (χ0n) is 11.5. The number of hydrogen-bond donors (Lipinski definition) is 1. The molecule has 2 rings (SSSR count). The molecule has 0 saturated heterocycles. The van der Waals surface area contributed by atoms with E-state index in [1.807, 2.05) is 0 Å². The Balaban J connectivity index is 1.78. The van der Waals surface area contributed by atoms with Crippen LogP contribution in [0.1, 0.15) is 46.4 Å². The number of aliphatic hydroxyl groups is 1. The van der Waals surface area contributed by atoms with Crippen LogP contribution in [0.4, 0.5) is 0 Å². The van der Waals surface area contributed by atoms with Crippen LogP contribution in [-0.2, 0) is 4.74 Å². The van der Waals surface area contributed by atoms with Crippen LogP contribution in [0.2, 0.25) is 0 Å². The fourth-order valence-corrected chi connectivity index (χ4v) is 2.56. The summed E-state index contributed by atoms with van der Waals surface area (Å²) in [7, 11) is 0. The molecule has 0 aliphatic heterocycles. The predicted octanol–water partition coefficient (Wildman–Crippen LogP) is 2.45. The molecule has 1 saturated carbocycles. The molecule has 1 aromatic carbocycles. The van der Waals surface area contributed by atoms with Crippen molar-refractivity contribution in [3.8, 4) is 0 Å². The minimum atomic E-state index is -0.341. The molecule has 0 heterocycles. The molecule has 0 aromatic heterocycles. The Labute approximate surface area is 118 Å². The molecule has 0 atom stereocenters. The lowest BCUT2D eigenvalue weighted by molar-refractivity contribution is 0.0379. The van der Waals surface area contributed by atoms with Gasteiger partial charge in [-0.2, -0.15) is 0 Å². The van der Waals surface area contributed by atoms with Gasteiger partial charge in [0.05, 0.1) is 12.2 Å². The van der Waals surface area contributed by atoms with Gasteiger partial charge < -0.3 is 9.84 Å². The van der Waals surface area contributed by atoms with Gasteiger partial charge in [0.25, 0.3) is 0 Å². The van der Waals surface area contributed by atoms with Crippen LogP contribution >= 0.6 is 0 Å². The molecule has 0 amide bonds. The van der Waals surface area contributed by atoms with E-state index in [9.17, 15) is 9.59 Å². The summed E-state index contributed by atoms with van der Waals surface area (Å²) in [5.41, 5.74) is 1.02. The van der Waals surface area contributed by atoms with Gasteiger partial charge in [-0.3, -0.25) is 4.79 Å². The molecule has 0 spiro atoms. The van der Waals surface area contributed by atoms with Crippen LogP contribution in [0.5, 0.6) is 0 Å². The first-order valence-corrected chi connectivity index (χ1v) is 7.06. The lowest BCUT2D eigenvalue weighted by Gasteiger charge is -2.26. The highest BCUT2D eigenvalue weighted by atomic mass is 16.5. The molecule has 0 unspecified atom stereocenters. The van der Waals surface area contributed by atoms with Gasteiger partial charge in [0.1, 0.15) is 6.29 Å². The van der Waals surface area contributed by atoms with E-state index in [0.29, 0.717) is 29.6 Å². The number of aliphatic hydroxyl groups excluding tert-OH is 1. The third-order valence-electron chi connectivity index (χ3n) is 3.96. The summed E-state index contributed by atoms with van der Waals surface area (Å²) < 4.78 is 5.32. The lowest BCUT2D eigenvalue weighted by Crippen LogP contribution is -2.22. The van der Waals surface area contributed by atoms with Gasteiger partial charge in [-0.25, -0.2) is 4.79 Å². The van der Waals surface area contributed by atoms with Crippen LogP contribution < -0.4 is 0 Å².